The van der Waals surface area contributed by atoms with Gasteiger partial charge in [-0.25, -0.2) is 4.39 Å². The van der Waals surface area contributed by atoms with Crippen LogP contribution in [0.1, 0.15) is 13.3 Å². The molecule has 1 rings (SSSR count). The summed E-state index contributed by atoms with van der Waals surface area (Å²) in [4.78, 5) is 3.32. The van der Waals surface area contributed by atoms with E-state index in [0.29, 0.717) is 0 Å². The second-order valence-corrected chi connectivity index (χ2v) is 2.62. The van der Waals surface area contributed by atoms with E-state index in [1.54, 1.807) is 0 Å². The van der Waals surface area contributed by atoms with Crippen LogP contribution in [0.3, 0.4) is 0 Å². The Labute approximate surface area is 66.8 Å². The fourth-order valence-corrected chi connectivity index (χ4v) is 0.866. The second-order valence-electron chi connectivity index (χ2n) is 2.62. The zero-order chi connectivity index (χ0) is 9.35. The minimum Gasteiger partial charge on any atom is -0.263 e. The summed E-state index contributed by atoms with van der Waals surface area (Å²) in [6.45, 7) is 1.35. The first kappa shape index (κ1) is 9.22. The summed E-state index contributed by atoms with van der Waals surface area (Å²) in [5.41, 5.74) is 0.0375. The summed E-state index contributed by atoms with van der Waals surface area (Å²) < 4.78 is 48.5. The molecule has 0 bridgehead atoms. The van der Waals surface area contributed by atoms with E-state index in [4.69, 9.17) is 0 Å². The first-order valence-electron chi connectivity index (χ1n) is 3.37. The quantitative estimate of drug-likeness (QED) is 0.509. The van der Waals surface area contributed by atoms with Crippen molar-refractivity contribution in [2.45, 2.75) is 19.5 Å². The predicted molar refractivity (Wildman–Crippen MR) is 36.5 cm³/mol. The summed E-state index contributed by atoms with van der Waals surface area (Å²) in [6, 6.07) is 0. The average Bonchev–Trinajstić information content (AvgIpc) is 1.92. The molecule has 0 saturated heterocycles. The van der Waals surface area contributed by atoms with E-state index in [1.807, 2.05) is 0 Å². The number of alkyl halides is 3. The van der Waals surface area contributed by atoms with Crippen LogP contribution in [0.4, 0.5) is 17.6 Å². The third-order valence-electron chi connectivity index (χ3n) is 1.66. The Hall–Kier alpha value is -0.870. The van der Waals surface area contributed by atoms with Crippen molar-refractivity contribution in [1.29, 1.82) is 0 Å². The lowest BCUT2D eigenvalue weighted by Crippen LogP contribution is -2.26. The number of hydrogen-bond donors (Lipinski definition) is 0. The van der Waals surface area contributed by atoms with Crippen LogP contribution in [-0.4, -0.2) is 12.4 Å². The fraction of sp³-hybridized carbons (Fsp3) is 0.571. The Kier molecular flexibility index (Phi) is 2.21. The van der Waals surface area contributed by atoms with E-state index in [9.17, 15) is 17.6 Å². The third-order valence-corrected chi connectivity index (χ3v) is 1.66. The molecular weight excluding hydrogens is 174 g/mol. The average molecular weight is 181 g/mol. The van der Waals surface area contributed by atoms with Gasteiger partial charge < -0.3 is 0 Å². The van der Waals surface area contributed by atoms with Crippen molar-refractivity contribution < 1.29 is 17.6 Å². The lowest BCUT2D eigenvalue weighted by molar-refractivity contribution is -0.154. The van der Waals surface area contributed by atoms with Gasteiger partial charge in [0.25, 0.3) is 0 Å². The van der Waals surface area contributed by atoms with E-state index in [2.05, 4.69) is 4.99 Å². The molecule has 12 heavy (non-hydrogen) atoms. The van der Waals surface area contributed by atoms with E-state index in [1.165, 1.54) is 6.92 Å². The Morgan fingerprint density at radius 1 is 1.50 bits per heavy atom. The van der Waals surface area contributed by atoms with Crippen LogP contribution in [0, 0.1) is 5.92 Å². The zero-order valence-corrected chi connectivity index (χ0v) is 6.32. The Balaban J connectivity index is 2.76. The summed E-state index contributed by atoms with van der Waals surface area (Å²) >= 11 is 0. The van der Waals surface area contributed by atoms with Gasteiger partial charge in [-0.3, -0.25) is 4.99 Å². The normalized spacial score (nSPS) is 24.9. The largest absolute Gasteiger partial charge is 0.397 e. The third kappa shape index (κ3) is 1.84. The van der Waals surface area contributed by atoms with Crippen molar-refractivity contribution in [1.82, 2.24) is 0 Å². The molecule has 1 nitrogen and oxygen atoms in total. The van der Waals surface area contributed by atoms with Gasteiger partial charge in [0.2, 0.25) is 0 Å². The topological polar surface area (TPSA) is 12.4 Å². The number of nitrogens with zero attached hydrogens (tertiary/aromatic N) is 1. The van der Waals surface area contributed by atoms with Gasteiger partial charge in [-0.2, -0.15) is 13.2 Å². The molecule has 68 valence electrons. The van der Waals surface area contributed by atoms with Crippen LogP contribution in [0.5, 0.6) is 0 Å². The van der Waals surface area contributed by atoms with Gasteiger partial charge >= 0.3 is 6.18 Å². The maximum Gasteiger partial charge on any atom is 0.397 e. The van der Waals surface area contributed by atoms with Gasteiger partial charge in [-0.05, 0) is 6.92 Å². The van der Waals surface area contributed by atoms with Crippen LogP contribution >= 0.6 is 0 Å². The molecule has 1 heterocycles. The molecule has 1 aliphatic heterocycles. The second kappa shape index (κ2) is 2.88. The minimum atomic E-state index is -4.39. The Bertz CT molecular complexity index is 238. The number of rotatable bonds is 0. The van der Waals surface area contributed by atoms with Gasteiger partial charge in [0.15, 0.2) is 0 Å². The van der Waals surface area contributed by atoms with Crippen molar-refractivity contribution in [2.75, 3.05) is 0 Å². The van der Waals surface area contributed by atoms with Crippen LogP contribution in [-0.2, 0) is 0 Å². The van der Waals surface area contributed by atoms with Gasteiger partial charge in [0.1, 0.15) is 5.83 Å². The summed E-state index contributed by atoms with van der Waals surface area (Å²) in [5, 5.41) is 0. The van der Waals surface area contributed by atoms with Gasteiger partial charge in [-0.1, -0.05) is 0 Å². The van der Waals surface area contributed by atoms with Crippen LogP contribution < -0.4 is 0 Å². The van der Waals surface area contributed by atoms with Gasteiger partial charge in [0, 0.05) is 12.6 Å². The van der Waals surface area contributed by atoms with E-state index in [0.717, 1.165) is 6.21 Å². The molecular formula is C7H7F4N. The highest BCUT2D eigenvalue weighted by molar-refractivity contribution is 5.65. The zero-order valence-electron chi connectivity index (χ0n) is 6.32. The van der Waals surface area contributed by atoms with Crippen molar-refractivity contribution in [3.05, 3.63) is 11.5 Å². The summed E-state index contributed by atoms with van der Waals surface area (Å²) in [5.74, 6) is -2.54. The fourth-order valence-electron chi connectivity index (χ4n) is 0.866. The molecule has 0 aliphatic carbocycles. The van der Waals surface area contributed by atoms with Crippen molar-refractivity contribution in [3.8, 4) is 0 Å². The number of aliphatic imine (C=N–C) groups is 1. The number of allylic oxidation sites excluding steroid dienone is 2. The van der Waals surface area contributed by atoms with E-state index >= 15 is 0 Å². The highest BCUT2D eigenvalue weighted by atomic mass is 19.4. The van der Waals surface area contributed by atoms with E-state index in [-0.39, 0.29) is 5.70 Å². The molecule has 0 aromatic heterocycles. The van der Waals surface area contributed by atoms with Crippen LogP contribution in [0.15, 0.2) is 16.5 Å². The number of hydrogen-bond acceptors (Lipinski definition) is 1. The molecule has 0 N–H and O–H groups in total. The predicted octanol–water partition coefficient (Wildman–Crippen LogP) is 2.84. The monoisotopic (exact) mass is 181 g/mol. The minimum absolute atomic E-state index is 0.0375. The van der Waals surface area contributed by atoms with Gasteiger partial charge in [0.05, 0.1) is 11.6 Å². The molecule has 5 heteroatoms. The van der Waals surface area contributed by atoms with Crippen LogP contribution in [0.25, 0.3) is 0 Å². The van der Waals surface area contributed by atoms with Crippen molar-refractivity contribution in [3.63, 3.8) is 0 Å². The van der Waals surface area contributed by atoms with Gasteiger partial charge in [-0.15, -0.1) is 0 Å². The molecule has 0 fully saturated rings. The standard InChI is InChI=1S/C7H7F4N/c1-4-6(8)2-5(3-12-4)7(9,10)11/h3,5H,2H2,1H3. The first-order valence-corrected chi connectivity index (χ1v) is 3.37. The van der Waals surface area contributed by atoms with Crippen LogP contribution in [0.2, 0.25) is 0 Å². The Morgan fingerprint density at radius 3 is 2.50 bits per heavy atom. The molecule has 0 saturated carbocycles. The first-order chi connectivity index (χ1) is 5.41. The molecule has 1 aliphatic rings. The molecule has 0 aromatic carbocycles. The summed E-state index contributed by atoms with van der Waals surface area (Å²) in [7, 11) is 0. The smallest absolute Gasteiger partial charge is 0.263 e. The highest BCUT2D eigenvalue weighted by Crippen LogP contribution is 2.33. The van der Waals surface area contributed by atoms with Crippen molar-refractivity contribution in [2.24, 2.45) is 10.9 Å². The maximum absolute atomic E-state index is 12.6. The Morgan fingerprint density at radius 2 is 2.08 bits per heavy atom. The molecule has 0 amide bonds. The number of halogens is 4. The molecule has 0 radical (unpaired) electrons. The highest BCUT2D eigenvalue weighted by Gasteiger charge is 2.40. The molecule has 0 aromatic rings. The maximum atomic E-state index is 12.6. The van der Waals surface area contributed by atoms with Crippen molar-refractivity contribution >= 4 is 6.21 Å². The van der Waals surface area contributed by atoms with E-state index < -0.39 is 24.3 Å². The molecule has 1 unspecified atom stereocenters. The molecule has 0 spiro atoms. The SMILES string of the molecule is CC1=C(F)CC(C(F)(F)F)C=N1. The lowest BCUT2D eigenvalue weighted by atomic mass is 10.0. The lowest BCUT2D eigenvalue weighted by Gasteiger charge is -2.18. The summed E-state index contributed by atoms with van der Waals surface area (Å²) in [6.07, 6.45) is -4.25. The molecule has 1 atom stereocenters.